The van der Waals surface area contributed by atoms with Crippen LogP contribution < -0.4 is 0 Å². The molecule has 252 valence electrons. The molecule has 0 spiro atoms. The molecule has 1 aliphatic heterocycles. The second kappa shape index (κ2) is 15.9. The van der Waals surface area contributed by atoms with Gasteiger partial charge in [0.25, 0.3) is 0 Å². The van der Waals surface area contributed by atoms with E-state index in [1.807, 2.05) is 24.3 Å². The highest BCUT2D eigenvalue weighted by Gasteiger charge is 2.56. The highest BCUT2D eigenvalue weighted by Crippen LogP contribution is 2.52. The van der Waals surface area contributed by atoms with Gasteiger partial charge in [-0.15, -0.1) is 11.8 Å². The molecule has 0 saturated carbocycles. The molecule has 1 unspecified atom stereocenters. The number of hydrogen-bond donors (Lipinski definition) is 3. The maximum absolute atomic E-state index is 13.2. The summed E-state index contributed by atoms with van der Waals surface area (Å²) < 4.78 is 63.4. The van der Waals surface area contributed by atoms with Gasteiger partial charge in [0.1, 0.15) is 11.5 Å². The Morgan fingerprint density at radius 3 is 1.93 bits per heavy atom. The van der Waals surface area contributed by atoms with Crippen LogP contribution in [0.5, 0.6) is 11.5 Å². The average molecular weight is 659 g/mol. The monoisotopic (exact) mass is 658 g/mol. The number of halogens is 5. The molecular formula is C35H47F5O4S. The molecule has 0 fully saturated rings. The zero-order valence-corrected chi connectivity index (χ0v) is 27.1. The lowest BCUT2D eigenvalue weighted by atomic mass is 9.68. The molecule has 0 bridgehead atoms. The summed E-state index contributed by atoms with van der Waals surface area (Å²) in [4.78, 5) is 13.2. The number of aromatic hydroxyl groups is 2. The van der Waals surface area contributed by atoms with Gasteiger partial charge in [0.05, 0.1) is 5.41 Å². The van der Waals surface area contributed by atoms with Crippen molar-refractivity contribution in [1.82, 2.24) is 0 Å². The van der Waals surface area contributed by atoms with Crippen LogP contribution in [0.15, 0.2) is 47.4 Å². The predicted octanol–water partition coefficient (Wildman–Crippen LogP) is 11.0. The van der Waals surface area contributed by atoms with Gasteiger partial charge in [-0.2, -0.15) is 22.0 Å². The fourth-order valence-electron chi connectivity index (χ4n) is 6.70. The number of thioether (sulfide) groups is 1. The first-order valence-corrected chi connectivity index (χ1v) is 17.1. The quantitative estimate of drug-likeness (QED) is 0.110. The lowest BCUT2D eigenvalue weighted by molar-refractivity contribution is -0.284. The lowest BCUT2D eigenvalue weighted by Crippen LogP contribution is -2.36. The van der Waals surface area contributed by atoms with Gasteiger partial charge in [-0.25, -0.2) is 0 Å². The molecule has 2 aromatic rings. The summed E-state index contributed by atoms with van der Waals surface area (Å²) in [5.41, 5.74) is 1.29. The van der Waals surface area contributed by atoms with Crippen LogP contribution in [0.3, 0.4) is 0 Å². The van der Waals surface area contributed by atoms with Gasteiger partial charge in [-0.1, -0.05) is 83.4 Å². The Hall–Kier alpha value is -2.49. The van der Waals surface area contributed by atoms with Crippen LogP contribution >= 0.6 is 11.8 Å². The number of benzene rings is 2. The minimum absolute atomic E-state index is 0.137. The smallest absolute Gasteiger partial charge is 0.453 e. The van der Waals surface area contributed by atoms with E-state index in [4.69, 9.17) is 0 Å². The van der Waals surface area contributed by atoms with E-state index in [0.717, 1.165) is 55.6 Å². The topological polar surface area (TPSA) is 77.8 Å². The Balaban J connectivity index is 1.46. The molecular weight excluding hydrogens is 611 g/mol. The van der Waals surface area contributed by atoms with Crippen molar-refractivity contribution in [3.8, 4) is 11.5 Å². The van der Waals surface area contributed by atoms with E-state index in [2.05, 4.69) is 6.92 Å². The molecule has 0 amide bonds. The number of carboxylic acid groups (broad SMARTS) is 1. The molecule has 3 rings (SSSR count). The number of carbonyl (C=O) groups is 1. The summed E-state index contributed by atoms with van der Waals surface area (Å²) in [7, 11) is 0. The molecule has 3 atom stereocenters. The Labute approximate surface area is 267 Å². The average Bonchev–Trinajstić information content (AvgIpc) is 2.97. The molecule has 3 N–H and O–H groups in total. The molecule has 0 radical (unpaired) electrons. The first-order valence-electron chi connectivity index (χ1n) is 16.1. The summed E-state index contributed by atoms with van der Waals surface area (Å²) in [5, 5.41) is 29.8. The molecule has 0 aliphatic carbocycles. The molecule has 0 aromatic heterocycles. The van der Waals surface area contributed by atoms with Crippen molar-refractivity contribution in [2.75, 3.05) is 5.75 Å². The lowest BCUT2D eigenvalue weighted by Gasteiger charge is -2.43. The normalized spacial score (nSPS) is 20.0. The van der Waals surface area contributed by atoms with E-state index < -0.39 is 29.9 Å². The van der Waals surface area contributed by atoms with E-state index in [1.54, 1.807) is 36.9 Å². The number of alkyl halides is 5. The fourth-order valence-corrected chi connectivity index (χ4v) is 8.10. The van der Waals surface area contributed by atoms with E-state index in [-0.39, 0.29) is 42.1 Å². The SMILES string of the molecule is CCC(CCCCCCCC[C@@H]1c2ccc(O)cc2SC[C@]1(C)c1ccc(O)cc1)(CCCCCC(F)(F)C(F)(F)F)C(=O)O. The standard InChI is InChI=1S/C35H47F5O4S/c1-3-33(31(43)44,21-11-8-12-22-34(36,37)35(38,39)40)20-10-7-5-4-6-9-13-29-28-19-18-27(42)23-30(28)45-24-32(29,2)25-14-16-26(41)17-15-25/h14-19,23,29,41-42H,3-13,20-22,24H2,1-2H3,(H,43,44)/t29-,32-,33?/m1/s1. The third-order valence-corrected chi connectivity index (χ3v) is 11.2. The molecule has 0 saturated heterocycles. The van der Waals surface area contributed by atoms with Crippen LogP contribution in [0.25, 0.3) is 0 Å². The second-order valence-corrected chi connectivity index (χ2v) is 13.9. The van der Waals surface area contributed by atoms with E-state index in [0.29, 0.717) is 19.3 Å². The van der Waals surface area contributed by atoms with E-state index >= 15 is 0 Å². The number of phenolic OH excluding ortho intramolecular Hbond substituents is 2. The third-order valence-electron chi connectivity index (χ3n) is 9.79. The van der Waals surface area contributed by atoms with Crippen LogP contribution in [-0.4, -0.2) is 39.1 Å². The minimum atomic E-state index is -5.55. The number of hydrogen-bond acceptors (Lipinski definition) is 4. The number of unbranched alkanes of at least 4 members (excludes halogenated alkanes) is 7. The van der Waals surface area contributed by atoms with Gasteiger partial charge in [-0.3, -0.25) is 4.79 Å². The van der Waals surface area contributed by atoms with Crippen LogP contribution in [0.4, 0.5) is 22.0 Å². The molecule has 4 nitrogen and oxygen atoms in total. The van der Waals surface area contributed by atoms with Crippen molar-refractivity contribution >= 4 is 17.7 Å². The highest BCUT2D eigenvalue weighted by atomic mass is 32.2. The molecule has 1 heterocycles. The first kappa shape index (κ1) is 37.0. The van der Waals surface area contributed by atoms with Gasteiger partial charge >= 0.3 is 18.1 Å². The van der Waals surface area contributed by atoms with Gasteiger partial charge in [0.15, 0.2) is 0 Å². The van der Waals surface area contributed by atoms with Crippen LogP contribution in [-0.2, 0) is 10.2 Å². The Morgan fingerprint density at radius 2 is 1.36 bits per heavy atom. The van der Waals surface area contributed by atoms with Gasteiger partial charge in [0, 0.05) is 22.5 Å². The van der Waals surface area contributed by atoms with Gasteiger partial charge < -0.3 is 15.3 Å². The van der Waals surface area contributed by atoms with Gasteiger partial charge in [0.2, 0.25) is 0 Å². The minimum Gasteiger partial charge on any atom is -0.508 e. The van der Waals surface area contributed by atoms with E-state index in [9.17, 15) is 42.1 Å². The van der Waals surface area contributed by atoms with Gasteiger partial charge in [-0.05, 0) is 73.4 Å². The largest absolute Gasteiger partial charge is 0.508 e. The van der Waals surface area contributed by atoms with Crippen LogP contribution in [0.2, 0.25) is 0 Å². The third kappa shape index (κ3) is 9.52. The van der Waals surface area contributed by atoms with Crippen molar-refractivity contribution in [3.63, 3.8) is 0 Å². The summed E-state index contributed by atoms with van der Waals surface area (Å²) in [6.45, 7) is 4.06. The second-order valence-electron chi connectivity index (χ2n) is 12.9. The summed E-state index contributed by atoms with van der Waals surface area (Å²) in [6, 6.07) is 13.1. The number of fused-ring (bicyclic) bond motifs is 1. The number of carboxylic acids is 1. The van der Waals surface area contributed by atoms with Crippen LogP contribution in [0, 0.1) is 5.41 Å². The Morgan fingerprint density at radius 1 is 0.822 bits per heavy atom. The number of rotatable bonds is 18. The molecule has 1 aliphatic rings. The maximum atomic E-state index is 13.2. The number of aliphatic carboxylic acids is 1. The Kier molecular flexibility index (Phi) is 13.0. The molecule has 10 heteroatoms. The van der Waals surface area contributed by atoms with Crippen molar-refractivity contribution < 1.29 is 42.1 Å². The maximum Gasteiger partial charge on any atom is 0.453 e. The highest BCUT2D eigenvalue weighted by molar-refractivity contribution is 7.99. The number of phenols is 2. The van der Waals surface area contributed by atoms with Crippen LogP contribution in [0.1, 0.15) is 121 Å². The molecule has 45 heavy (non-hydrogen) atoms. The van der Waals surface area contributed by atoms with Crippen molar-refractivity contribution in [2.45, 2.75) is 132 Å². The summed E-state index contributed by atoms with van der Waals surface area (Å²) in [6.07, 6.45) is 1.05. The zero-order chi connectivity index (χ0) is 33.3. The zero-order valence-electron chi connectivity index (χ0n) is 26.3. The van der Waals surface area contributed by atoms with E-state index in [1.165, 1.54) is 11.1 Å². The van der Waals surface area contributed by atoms with Crippen molar-refractivity contribution in [3.05, 3.63) is 53.6 Å². The predicted molar refractivity (Wildman–Crippen MR) is 168 cm³/mol. The summed E-state index contributed by atoms with van der Waals surface area (Å²) >= 11 is 1.74. The summed E-state index contributed by atoms with van der Waals surface area (Å²) in [5.74, 6) is -4.03. The molecule has 2 aromatic carbocycles. The Bertz CT molecular complexity index is 1240. The van der Waals surface area contributed by atoms with Crippen molar-refractivity contribution in [1.29, 1.82) is 0 Å². The first-order chi connectivity index (χ1) is 21.1. The fraction of sp³-hybridized carbons (Fsp3) is 0.629. The van der Waals surface area contributed by atoms with Crippen molar-refractivity contribution in [2.24, 2.45) is 5.41 Å².